The molecular weight excluding hydrogens is 356 g/mol. The largest absolute Gasteiger partial charge is 0.341 e. The van der Waals surface area contributed by atoms with Crippen molar-refractivity contribution in [1.82, 2.24) is 15.0 Å². The van der Waals surface area contributed by atoms with Gasteiger partial charge < -0.3 is 4.98 Å². The predicted molar refractivity (Wildman–Crippen MR) is 90.9 cm³/mol. The normalized spacial score (nSPS) is 11.8. The highest BCUT2D eigenvalue weighted by molar-refractivity contribution is 7.91. The number of aryl methyl sites for hydroxylation is 1. The summed E-state index contributed by atoms with van der Waals surface area (Å²) in [4.78, 5) is 11.8. The third kappa shape index (κ3) is 3.16. The number of pyridine rings is 1. The fraction of sp³-hybridized carbons (Fsp3) is 0.143. The lowest BCUT2D eigenvalue weighted by Crippen LogP contribution is -2.11. The molecule has 0 aliphatic carbocycles. The van der Waals surface area contributed by atoms with Crippen molar-refractivity contribution in [3.8, 4) is 22.6 Å². The van der Waals surface area contributed by atoms with Crippen LogP contribution in [0.2, 0.25) is 4.34 Å². The molecule has 9 heteroatoms. The van der Waals surface area contributed by atoms with Crippen molar-refractivity contribution < 1.29 is 8.42 Å². The van der Waals surface area contributed by atoms with Crippen LogP contribution in [0.1, 0.15) is 12.6 Å². The van der Waals surface area contributed by atoms with Crippen LogP contribution >= 0.6 is 22.9 Å². The van der Waals surface area contributed by atoms with E-state index < -0.39 is 10.0 Å². The average molecular weight is 369 g/mol. The summed E-state index contributed by atoms with van der Waals surface area (Å²) in [6.07, 6.45) is 4.10. The Bertz CT molecular complexity index is 949. The van der Waals surface area contributed by atoms with Gasteiger partial charge in [0, 0.05) is 29.2 Å². The standard InChI is InChI=1S/C14H13ClN4O2S2/c1-2-10-12(8-4-3-5-17-7-8)19-13(18-10)9-6-11(15)22-14(9)23(16,20)21/h3-7H,2H2,1H3,(H,18,19)(H2,16,20,21). The zero-order valence-electron chi connectivity index (χ0n) is 12.1. The Kier molecular flexibility index (Phi) is 4.24. The van der Waals surface area contributed by atoms with Crippen LogP contribution < -0.4 is 5.14 Å². The van der Waals surface area contributed by atoms with Gasteiger partial charge in [0.25, 0.3) is 0 Å². The molecule has 0 amide bonds. The van der Waals surface area contributed by atoms with Crippen LogP contribution in [0.15, 0.2) is 34.8 Å². The summed E-state index contributed by atoms with van der Waals surface area (Å²) >= 11 is 6.88. The lowest BCUT2D eigenvalue weighted by atomic mass is 10.1. The van der Waals surface area contributed by atoms with E-state index in [-0.39, 0.29) is 4.21 Å². The Morgan fingerprint density at radius 2 is 2.22 bits per heavy atom. The molecule has 0 saturated heterocycles. The van der Waals surface area contributed by atoms with Gasteiger partial charge in [-0.1, -0.05) is 18.5 Å². The summed E-state index contributed by atoms with van der Waals surface area (Å²) in [6, 6.07) is 5.27. The fourth-order valence-corrected chi connectivity index (χ4v) is 4.55. The average Bonchev–Trinajstić information content (AvgIpc) is 3.11. The van der Waals surface area contributed by atoms with Crippen molar-refractivity contribution in [2.75, 3.05) is 0 Å². The number of H-pyrrole nitrogens is 1. The van der Waals surface area contributed by atoms with Crippen LogP contribution in [0.25, 0.3) is 22.6 Å². The fourth-order valence-electron chi connectivity index (χ4n) is 2.26. The first kappa shape index (κ1) is 16.1. The zero-order chi connectivity index (χ0) is 16.6. The molecule has 120 valence electrons. The molecule has 6 nitrogen and oxygen atoms in total. The Hall–Kier alpha value is -1.74. The van der Waals surface area contributed by atoms with Gasteiger partial charge in [0.15, 0.2) is 0 Å². The first-order valence-corrected chi connectivity index (χ1v) is 9.46. The molecule has 0 saturated carbocycles. The van der Waals surface area contributed by atoms with E-state index in [1.165, 1.54) is 0 Å². The molecule has 0 bridgehead atoms. The molecule has 0 aliphatic rings. The Labute approximate surface area is 142 Å². The number of nitrogens with one attached hydrogen (secondary N) is 1. The van der Waals surface area contributed by atoms with Gasteiger partial charge in [-0.25, -0.2) is 18.5 Å². The molecule has 0 atom stereocenters. The molecule has 3 N–H and O–H groups in total. The molecule has 0 spiro atoms. The molecule has 3 rings (SSSR count). The van der Waals surface area contributed by atoms with Gasteiger partial charge in [0.2, 0.25) is 10.0 Å². The monoisotopic (exact) mass is 368 g/mol. The lowest BCUT2D eigenvalue weighted by Gasteiger charge is -1.98. The molecule has 3 aromatic rings. The summed E-state index contributed by atoms with van der Waals surface area (Å²) in [6.45, 7) is 1.98. The van der Waals surface area contributed by atoms with Gasteiger partial charge in [0.1, 0.15) is 10.0 Å². The maximum atomic E-state index is 11.7. The number of hydrogen-bond donors (Lipinski definition) is 2. The van der Waals surface area contributed by atoms with E-state index in [0.717, 1.165) is 28.3 Å². The topological polar surface area (TPSA) is 102 Å². The number of halogens is 1. The highest BCUT2D eigenvalue weighted by Gasteiger charge is 2.23. The number of hydrogen-bond acceptors (Lipinski definition) is 5. The van der Waals surface area contributed by atoms with Crippen molar-refractivity contribution in [3.63, 3.8) is 0 Å². The van der Waals surface area contributed by atoms with Crippen molar-refractivity contribution in [3.05, 3.63) is 40.6 Å². The molecule has 0 fully saturated rings. The highest BCUT2D eigenvalue weighted by atomic mass is 35.5. The van der Waals surface area contributed by atoms with E-state index in [9.17, 15) is 8.42 Å². The highest BCUT2D eigenvalue weighted by Crippen LogP contribution is 2.37. The number of thiophene rings is 1. The second-order valence-electron chi connectivity index (χ2n) is 4.80. The van der Waals surface area contributed by atoms with Crippen molar-refractivity contribution in [2.24, 2.45) is 5.14 Å². The number of nitrogens with two attached hydrogens (primary N) is 1. The van der Waals surface area contributed by atoms with E-state index in [1.807, 2.05) is 19.1 Å². The summed E-state index contributed by atoms with van der Waals surface area (Å²) in [5.41, 5.74) is 2.85. The van der Waals surface area contributed by atoms with E-state index in [1.54, 1.807) is 18.5 Å². The Morgan fingerprint density at radius 3 is 2.83 bits per heavy atom. The van der Waals surface area contributed by atoms with Gasteiger partial charge in [-0.3, -0.25) is 4.98 Å². The smallest absolute Gasteiger partial charge is 0.248 e. The van der Waals surface area contributed by atoms with E-state index >= 15 is 0 Å². The number of sulfonamides is 1. The SMILES string of the molecule is CCc1[nH]c(-c2cc(Cl)sc2S(N)(=O)=O)nc1-c1cccnc1. The summed E-state index contributed by atoms with van der Waals surface area (Å²) in [5, 5.41) is 5.27. The second-order valence-corrected chi connectivity index (χ2v) is 8.24. The van der Waals surface area contributed by atoms with Gasteiger partial charge in [-0.15, -0.1) is 11.3 Å². The molecular formula is C14H13ClN4O2S2. The minimum atomic E-state index is -3.87. The molecule has 0 radical (unpaired) electrons. The van der Waals surface area contributed by atoms with E-state index in [0.29, 0.717) is 22.1 Å². The zero-order valence-corrected chi connectivity index (χ0v) is 14.5. The minimum Gasteiger partial charge on any atom is -0.341 e. The summed E-state index contributed by atoms with van der Waals surface area (Å²) < 4.78 is 23.8. The first-order chi connectivity index (χ1) is 10.9. The summed E-state index contributed by atoms with van der Waals surface area (Å²) in [5.74, 6) is 0.424. The molecule has 3 heterocycles. The van der Waals surface area contributed by atoms with Crippen molar-refractivity contribution in [1.29, 1.82) is 0 Å². The second kappa shape index (κ2) is 6.04. The van der Waals surface area contributed by atoms with Crippen LogP contribution in [0, 0.1) is 0 Å². The van der Waals surface area contributed by atoms with E-state index in [4.69, 9.17) is 16.7 Å². The van der Waals surface area contributed by atoms with Crippen molar-refractivity contribution >= 4 is 33.0 Å². The van der Waals surface area contributed by atoms with Gasteiger partial charge in [0.05, 0.1) is 10.0 Å². The molecule has 3 aromatic heterocycles. The Balaban J connectivity index is 2.19. The van der Waals surface area contributed by atoms with Crippen LogP contribution in [0.3, 0.4) is 0 Å². The molecule has 23 heavy (non-hydrogen) atoms. The van der Waals surface area contributed by atoms with Gasteiger partial charge >= 0.3 is 0 Å². The quantitative estimate of drug-likeness (QED) is 0.738. The lowest BCUT2D eigenvalue weighted by molar-refractivity contribution is 0.600. The summed E-state index contributed by atoms with van der Waals surface area (Å²) in [7, 11) is -3.87. The Morgan fingerprint density at radius 1 is 1.43 bits per heavy atom. The third-order valence-corrected chi connectivity index (χ3v) is 5.99. The number of imidazole rings is 1. The van der Waals surface area contributed by atoms with E-state index in [2.05, 4.69) is 15.0 Å². The van der Waals surface area contributed by atoms with Crippen LogP contribution in [0.4, 0.5) is 0 Å². The molecule has 0 aliphatic heterocycles. The number of aromatic amines is 1. The first-order valence-electron chi connectivity index (χ1n) is 6.72. The number of nitrogens with zero attached hydrogens (tertiary/aromatic N) is 2. The van der Waals surface area contributed by atoms with Crippen molar-refractivity contribution in [2.45, 2.75) is 17.6 Å². The maximum absolute atomic E-state index is 11.7. The van der Waals surface area contributed by atoms with Gasteiger partial charge in [-0.2, -0.15) is 0 Å². The third-order valence-electron chi connectivity index (χ3n) is 3.25. The van der Waals surface area contributed by atoms with Crippen LogP contribution in [-0.4, -0.2) is 23.4 Å². The molecule has 0 aromatic carbocycles. The maximum Gasteiger partial charge on any atom is 0.248 e. The number of aromatic nitrogens is 3. The van der Waals surface area contributed by atoms with Gasteiger partial charge in [-0.05, 0) is 24.6 Å². The van der Waals surface area contributed by atoms with Crippen LogP contribution in [-0.2, 0) is 16.4 Å². The van der Waals surface area contributed by atoms with Crippen LogP contribution in [0.5, 0.6) is 0 Å². The molecule has 0 unspecified atom stereocenters. The number of primary sulfonamides is 1. The predicted octanol–water partition coefficient (Wildman–Crippen LogP) is 3.06. The number of rotatable bonds is 4. The minimum absolute atomic E-state index is 0.00311.